The molecular formula is C15H17F5N2O3. The number of ether oxygens (including phenoxy) is 2. The van der Waals surface area contributed by atoms with E-state index in [0.29, 0.717) is 0 Å². The fourth-order valence-corrected chi connectivity index (χ4v) is 3.12. The lowest BCUT2D eigenvalue weighted by atomic mass is 9.77. The topological polar surface area (TPSA) is 73.6 Å². The monoisotopic (exact) mass is 368 g/mol. The molecular weight excluding hydrogens is 351 g/mol. The number of carbonyl (C=O) groups excluding carboxylic acids is 1. The van der Waals surface area contributed by atoms with E-state index in [4.69, 9.17) is 15.3 Å². The Balaban J connectivity index is 2.65. The first-order valence-corrected chi connectivity index (χ1v) is 7.26. The van der Waals surface area contributed by atoms with Crippen LogP contribution in [0.2, 0.25) is 0 Å². The molecule has 1 aliphatic rings. The Hall–Kier alpha value is -1.94. The highest BCUT2D eigenvalue weighted by molar-refractivity contribution is 5.82. The van der Waals surface area contributed by atoms with Crippen molar-refractivity contribution in [3.05, 3.63) is 29.3 Å². The zero-order valence-corrected chi connectivity index (χ0v) is 13.6. The molecule has 0 unspecified atom stereocenters. The van der Waals surface area contributed by atoms with Gasteiger partial charge in [0, 0.05) is 17.4 Å². The van der Waals surface area contributed by atoms with Crippen LogP contribution in [0, 0.1) is 17.6 Å². The molecule has 0 saturated carbocycles. The molecule has 1 heterocycles. The number of benzene rings is 1. The van der Waals surface area contributed by atoms with Crippen LogP contribution in [0.5, 0.6) is 5.75 Å². The number of hydrogen-bond donors (Lipinski definition) is 2. The Morgan fingerprint density at radius 1 is 1.36 bits per heavy atom. The molecule has 4 atom stereocenters. The number of halogens is 5. The average Bonchev–Trinajstić information content (AvgIpc) is 2.82. The number of amides is 1. The average molecular weight is 368 g/mol. The fraction of sp³-hybridized carbons (Fsp3) is 0.533. The van der Waals surface area contributed by atoms with Crippen molar-refractivity contribution in [1.29, 1.82) is 0 Å². The molecule has 1 aromatic carbocycles. The minimum absolute atomic E-state index is 0.115. The van der Waals surface area contributed by atoms with Gasteiger partial charge in [-0.25, -0.2) is 10.2 Å². The Morgan fingerprint density at radius 3 is 2.44 bits per heavy atom. The van der Waals surface area contributed by atoms with Gasteiger partial charge in [-0.2, -0.15) is 17.6 Å². The van der Waals surface area contributed by atoms with Crippen LogP contribution in [0.25, 0.3) is 0 Å². The van der Waals surface area contributed by atoms with E-state index < -0.39 is 53.0 Å². The van der Waals surface area contributed by atoms with E-state index in [1.54, 1.807) is 5.43 Å². The first-order valence-electron chi connectivity index (χ1n) is 7.26. The van der Waals surface area contributed by atoms with Crippen LogP contribution in [0.15, 0.2) is 12.1 Å². The quantitative estimate of drug-likeness (QED) is 0.372. The summed E-state index contributed by atoms with van der Waals surface area (Å²) in [6.07, 6.45) is -6.47. The third-order valence-corrected chi connectivity index (χ3v) is 4.71. The molecule has 0 aliphatic carbocycles. The number of nitrogens with one attached hydrogen (secondary N) is 1. The Labute approximate surface area is 140 Å². The molecule has 0 spiro atoms. The van der Waals surface area contributed by atoms with Crippen LogP contribution in [0.1, 0.15) is 25.3 Å². The second-order valence-electron chi connectivity index (χ2n) is 5.95. The van der Waals surface area contributed by atoms with Crippen molar-refractivity contribution in [2.45, 2.75) is 37.6 Å². The van der Waals surface area contributed by atoms with Gasteiger partial charge in [-0.15, -0.1) is 0 Å². The van der Waals surface area contributed by atoms with Gasteiger partial charge in [0.1, 0.15) is 6.10 Å². The zero-order valence-electron chi connectivity index (χ0n) is 13.6. The summed E-state index contributed by atoms with van der Waals surface area (Å²) in [5.41, 5.74) is -1.07. The molecule has 1 fully saturated rings. The molecule has 2 rings (SSSR count). The lowest BCUT2D eigenvalue weighted by molar-refractivity contribution is -0.272. The van der Waals surface area contributed by atoms with Crippen molar-refractivity contribution < 1.29 is 36.2 Å². The van der Waals surface area contributed by atoms with Gasteiger partial charge >= 0.3 is 6.18 Å². The first-order chi connectivity index (χ1) is 11.5. The number of nitrogens with two attached hydrogens (primary N) is 1. The third-order valence-electron chi connectivity index (χ3n) is 4.71. The summed E-state index contributed by atoms with van der Waals surface area (Å²) in [5, 5.41) is 0. The Bertz CT molecular complexity index is 682. The fourth-order valence-electron chi connectivity index (χ4n) is 3.12. The number of methoxy groups -OCH3 is 1. The van der Waals surface area contributed by atoms with Gasteiger partial charge in [0.15, 0.2) is 17.2 Å². The molecule has 10 heteroatoms. The predicted octanol–water partition coefficient (Wildman–Crippen LogP) is 2.40. The van der Waals surface area contributed by atoms with Gasteiger partial charge in [-0.3, -0.25) is 10.2 Å². The summed E-state index contributed by atoms with van der Waals surface area (Å²) in [7, 11) is 1.04. The van der Waals surface area contributed by atoms with Gasteiger partial charge in [0.25, 0.3) is 5.91 Å². The van der Waals surface area contributed by atoms with Gasteiger partial charge in [-0.05, 0) is 13.0 Å². The van der Waals surface area contributed by atoms with Gasteiger partial charge < -0.3 is 9.47 Å². The van der Waals surface area contributed by atoms with Gasteiger partial charge in [-0.1, -0.05) is 13.0 Å². The molecule has 140 valence electrons. The Kier molecular flexibility index (Phi) is 4.97. The number of hydrazine groups is 1. The minimum atomic E-state index is -4.81. The van der Waals surface area contributed by atoms with Gasteiger partial charge in [0.05, 0.1) is 7.11 Å². The highest BCUT2D eigenvalue weighted by Gasteiger charge is 2.65. The van der Waals surface area contributed by atoms with Gasteiger partial charge in [0.2, 0.25) is 5.82 Å². The molecule has 0 aromatic heterocycles. The van der Waals surface area contributed by atoms with Crippen LogP contribution < -0.4 is 16.0 Å². The summed E-state index contributed by atoms with van der Waals surface area (Å²) >= 11 is 0. The second-order valence-corrected chi connectivity index (χ2v) is 5.95. The van der Waals surface area contributed by atoms with Crippen molar-refractivity contribution >= 4 is 5.91 Å². The van der Waals surface area contributed by atoms with Crippen LogP contribution in [-0.2, 0) is 9.53 Å². The SMILES string of the molecule is COc1c([C@H]2[C@H](C(=O)NN)O[C@@](C)(C(F)(F)F)[C@H]2C)ccc(F)c1F. The van der Waals surface area contributed by atoms with E-state index >= 15 is 0 Å². The summed E-state index contributed by atoms with van der Waals surface area (Å²) < 4.78 is 77.8. The lowest BCUT2D eigenvalue weighted by Crippen LogP contribution is -2.48. The molecule has 0 bridgehead atoms. The maximum absolute atomic E-state index is 14.0. The lowest BCUT2D eigenvalue weighted by Gasteiger charge is -2.32. The van der Waals surface area contributed by atoms with Crippen LogP contribution in [0.3, 0.4) is 0 Å². The molecule has 25 heavy (non-hydrogen) atoms. The first kappa shape index (κ1) is 19.4. The van der Waals surface area contributed by atoms with E-state index in [9.17, 15) is 26.7 Å². The minimum Gasteiger partial charge on any atom is -0.493 e. The highest BCUT2D eigenvalue weighted by atomic mass is 19.4. The zero-order chi connectivity index (χ0) is 19.2. The number of carbonyl (C=O) groups is 1. The van der Waals surface area contributed by atoms with Crippen LogP contribution in [0.4, 0.5) is 22.0 Å². The molecule has 1 aromatic rings. The standard InChI is InChI=1S/C15H17F5N2O3/c1-6-9(7-4-5-8(16)10(17)11(7)24-3)12(13(23)22-21)25-14(6,2)15(18,19)20/h4-6,9,12H,21H2,1-3H3,(H,22,23)/t6-,9-,12+,14+/m0/s1. The van der Waals surface area contributed by atoms with E-state index in [1.165, 1.54) is 6.92 Å². The summed E-state index contributed by atoms with van der Waals surface area (Å²) in [6.45, 7) is 2.00. The summed E-state index contributed by atoms with van der Waals surface area (Å²) in [4.78, 5) is 12.0. The van der Waals surface area contributed by atoms with E-state index in [0.717, 1.165) is 26.2 Å². The van der Waals surface area contributed by atoms with Crippen molar-refractivity contribution in [2.24, 2.45) is 11.8 Å². The smallest absolute Gasteiger partial charge is 0.417 e. The van der Waals surface area contributed by atoms with Crippen molar-refractivity contribution in [3.8, 4) is 5.75 Å². The molecule has 1 saturated heterocycles. The molecule has 1 aliphatic heterocycles. The second kappa shape index (κ2) is 6.41. The van der Waals surface area contributed by atoms with E-state index in [-0.39, 0.29) is 5.56 Å². The Morgan fingerprint density at radius 2 is 1.96 bits per heavy atom. The highest BCUT2D eigenvalue weighted by Crippen LogP contribution is 2.54. The third kappa shape index (κ3) is 2.93. The van der Waals surface area contributed by atoms with Crippen molar-refractivity contribution in [3.63, 3.8) is 0 Å². The van der Waals surface area contributed by atoms with E-state index in [1.807, 2.05) is 0 Å². The number of hydrogen-bond acceptors (Lipinski definition) is 4. The van der Waals surface area contributed by atoms with Crippen LogP contribution in [-0.4, -0.2) is 30.9 Å². The molecule has 3 N–H and O–H groups in total. The maximum atomic E-state index is 14.0. The summed E-state index contributed by atoms with van der Waals surface area (Å²) in [5.74, 6) is -1.73. The van der Waals surface area contributed by atoms with Crippen molar-refractivity contribution in [1.82, 2.24) is 5.43 Å². The molecule has 1 amide bonds. The number of rotatable bonds is 3. The van der Waals surface area contributed by atoms with Crippen molar-refractivity contribution in [2.75, 3.05) is 7.11 Å². The molecule has 5 nitrogen and oxygen atoms in total. The largest absolute Gasteiger partial charge is 0.493 e. The predicted molar refractivity (Wildman–Crippen MR) is 76.5 cm³/mol. The number of alkyl halides is 3. The van der Waals surface area contributed by atoms with Crippen LogP contribution >= 0.6 is 0 Å². The van der Waals surface area contributed by atoms with E-state index in [2.05, 4.69) is 0 Å². The summed E-state index contributed by atoms with van der Waals surface area (Å²) in [6, 6.07) is 1.82. The maximum Gasteiger partial charge on any atom is 0.417 e. The molecule has 0 radical (unpaired) electrons. The normalized spacial score (nSPS) is 29.6.